The van der Waals surface area contributed by atoms with Gasteiger partial charge in [-0.15, -0.1) is 0 Å². The Hall–Kier alpha value is -1.88. The van der Waals surface area contributed by atoms with Crippen molar-refractivity contribution < 1.29 is 4.79 Å². The molecule has 1 fully saturated rings. The number of hydrogen-bond acceptors (Lipinski definition) is 3. The summed E-state index contributed by atoms with van der Waals surface area (Å²) in [6.07, 6.45) is 3.69. The monoisotopic (exact) mass is 258 g/mol. The van der Waals surface area contributed by atoms with Crippen LogP contribution in [0.3, 0.4) is 0 Å². The average molecular weight is 258 g/mol. The number of fused-ring (bicyclic) bond motifs is 1. The molecular formula is C14H18N4O. The Bertz CT molecular complexity index is 559. The van der Waals surface area contributed by atoms with Gasteiger partial charge in [-0.25, -0.2) is 4.98 Å². The molecule has 4 N–H and O–H groups in total. The van der Waals surface area contributed by atoms with Gasteiger partial charge in [0.1, 0.15) is 0 Å². The van der Waals surface area contributed by atoms with Crippen molar-refractivity contribution in [2.45, 2.75) is 31.7 Å². The minimum atomic E-state index is -0.0126. The molecule has 2 atom stereocenters. The molecule has 5 heteroatoms. The number of amides is 1. The molecule has 0 saturated heterocycles. The van der Waals surface area contributed by atoms with E-state index in [1.54, 1.807) is 0 Å². The molecule has 1 aliphatic carbocycles. The maximum Gasteiger partial charge on any atom is 0.227 e. The van der Waals surface area contributed by atoms with E-state index in [0.29, 0.717) is 18.3 Å². The Kier molecular flexibility index (Phi) is 3.21. The van der Waals surface area contributed by atoms with Gasteiger partial charge in [-0.05, 0) is 30.9 Å². The predicted octanol–water partition coefficient (Wildman–Crippen LogP) is 2.02. The molecule has 2 aromatic rings. The van der Waals surface area contributed by atoms with Gasteiger partial charge in [0, 0.05) is 12.5 Å². The first-order valence-electron chi connectivity index (χ1n) is 6.72. The molecule has 0 unspecified atom stereocenters. The number of aromatic amines is 1. The lowest BCUT2D eigenvalue weighted by molar-refractivity contribution is -0.117. The molecule has 0 bridgehead atoms. The van der Waals surface area contributed by atoms with Crippen molar-refractivity contribution in [3.63, 3.8) is 0 Å². The van der Waals surface area contributed by atoms with E-state index in [1.165, 1.54) is 0 Å². The zero-order chi connectivity index (χ0) is 13.2. The lowest BCUT2D eigenvalue weighted by atomic mass is 10.00. The van der Waals surface area contributed by atoms with Gasteiger partial charge >= 0.3 is 0 Å². The Morgan fingerprint density at radius 2 is 2.26 bits per heavy atom. The summed E-state index contributed by atoms with van der Waals surface area (Å²) in [5.74, 6) is 0.809. The maximum absolute atomic E-state index is 12.0. The highest BCUT2D eigenvalue weighted by molar-refractivity contribution is 5.91. The second-order valence-electron chi connectivity index (χ2n) is 5.21. The molecule has 100 valence electrons. The Balaban J connectivity index is 1.65. The highest BCUT2D eigenvalue weighted by Gasteiger charge is 2.26. The van der Waals surface area contributed by atoms with Gasteiger partial charge in [0.15, 0.2) is 0 Å². The van der Waals surface area contributed by atoms with E-state index < -0.39 is 0 Å². The first kappa shape index (κ1) is 12.2. The van der Waals surface area contributed by atoms with Crippen LogP contribution < -0.4 is 11.1 Å². The standard InChI is InChI=1S/C14H18N4O/c15-10-5-3-4-9(10)8-13(19)18-14-16-11-6-1-2-7-12(11)17-14/h1-2,6-7,9-10H,3-5,8,15H2,(H2,16,17,18,19)/t9-,10+/m0/s1. The van der Waals surface area contributed by atoms with Crippen molar-refractivity contribution in [1.29, 1.82) is 0 Å². The van der Waals surface area contributed by atoms with Crippen LogP contribution in [0, 0.1) is 5.92 Å². The van der Waals surface area contributed by atoms with Crippen molar-refractivity contribution in [2.75, 3.05) is 5.32 Å². The number of aromatic nitrogens is 2. The van der Waals surface area contributed by atoms with Crippen LogP contribution in [0.4, 0.5) is 5.95 Å². The Morgan fingerprint density at radius 1 is 1.42 bits per heavy atom. The molecule has 0 radical (unpaired) electrons. The molecule has 3 rings (SSSR count). The quantitative estimate of drug-likeness (QED) is 0.787. The van der Waals surface area contributed by atoms with Gasteiger partial charge < -0.3 is 10.7 Å². The molecule has 1 aromatic heterocycles. The molecule has 1 aliphatic rings. The van der Waals surface area contributed by atoms with Crippen LogP contribution in [0.1, 0.15) is 25.7 Å². The zero-order valence-corrected chi connectivity index (χ0v) is 10.7. The molecule has 1 amide bonds. The van der Waals surface area contributed by atoms with Gasteiger partial charge in [-0.3, -0.25) is 10.1 Å². The van der Waals surface area contributed by atoms with E-state index in [1.807, 2.05) is 24.3 Å². The minimum Gasteiger partial charge on any atom is -0.327 e. The molecule has 0 spiro atoms. The number of carbonyl (C=O) groups excluding carboxylic acids is 1. The van der Waals surface area contributed by atoms with Crippen LogP contribution >= 0.6 is 0 Å². The average Bonchev–Trinajstić information content (AvgIpc) is 2.95. The highest BCUT2D eigenvalue weighted by Crippen LogP contribution is 2.27. The number of rotatable bonds is 3. The summed E-state index contributed by atoms with van der Waals surface area (Å²) in [6.45, 7) is 0. The van der Waals surface area contributed by atoms with Crippen molar-refractivity contribution >= 4 is 22.9 Å². The van der Waals surface area contributed by atoms with E-state index in [0.717, 1.165) is 30.3 Å². The number of para-hydroxylation sites is 2. The summed E-state index contributed by atoms with van der Waals surface area (Å²) in [5, 5.41) is 2.82. The van der Waals surface area contributed by atoms with E-state index in [-0.39, 0.29) is 11.9 Å². The SMILES string of the molecule is N[C@@H]1CCC[C@H]1CC(=O)Nc1nc2ccccc2[nH]1. The third-order valence-corrected chi connectivity index (χ3v) is 3.81. The largest absolute Gasteiger partial charge is 0.327 e. The highest BCUT2D eigenvalue weighted by atomic mass is 16.1. The zero-order valence-electron chi connectivity index (χ0n) is 10.7. The fourth-order valence-electron chi connectivity index (χ4n) is 2.75. The van der Waals surface area contributed by atoms with Crippen LogP contribution in [-0.4, -0.2) is 21.9 Å². The number of benzene rings is 1. The van der Waals surface area contributed by atoms with E-state index in [4.69, 9.17) is 5.73 Å². The summed E-state index contributed by atoms with van der Waals surface area (Å²) in [7, 11) is 0. The van der Waals surface area contributed by atoms with Crippen molar-refractivity contribution in [2.24, 2.45) is 11.7 Å². The summed E-state index contributed by atoms with van der Waals surface area (Å²) in [6, 6.07) is 7.87. The van der Waals surface area contributed by atoms with Gasteiger partial charge in [-0.1, -0.05) is 18.6 Å². The summed E-state index contributed by atoms with van der Waals surface area (Å²) < 4.78 is 0. The fraction of sp³-hybridized carbons (Fsp3) is 0.429. The summed E-state index contributed by atoms with van der Waals surface area (Å²) >= 11 is 0. The van der Waals surface area contributed by atoms with Crippen LogP contribution in [0.25, 0.3) is 11.0 Å². The minimum absolute atomic E-state index is 0.0126. The Morgan fingerprint density at radius 3 is 3.00 bits per heavy atom. The molecule has 1 saturated carbocycles. The number of hydrogen-bond donors (Lipinski definition) is 3. The second-order valence-corrected chi connectivity index (χ2v) is 5.21. The number of H-pyrrole nitrogens is 1. The van der Waals surface area contributed by atoms with Crippen LogP contribution in [0.5, 0.6) is 0 Å². The summed E-state index contributed by atoms with van der Waals surface area (Å²) in [5.41, 5.74) is 7.76. The second kappa shape index (κ2) is 5.01. The topological polar surface area (TPSA) is 83.8 Å². The number of nitrogens with zero attached hydrogens (tertiary/aromatic N) is 1. The van der Waals surface area contributed by atoms with Crippen LogP contribution in [0.2, 0.25) is 0 Å². The Labute approximate surface area is 111 Å². The van der Waals surface area contributed by atoms with Crippen LogP contribution in [0.15, 0.2) is 24.3 Å². The first-order valence-corrected chi connectivity index (χ1v) is 6.72. The number of nitrogens with one attached hydrogen (secondary N) is 2. The predicted molar refractivity (Wildman–Crippen MR) is 74.7 cm³/mol. The molecule has 1 heterocycles. The van der Waals surface area contributed by atoms with Crippen molar-refractivity contribution in [3.05, 3.63) is 24.3 Å². The smallest absolute Gasteiger partial charge is 0.227 e. The third-order valence-electron chi connectivity index (χ3n) is 3.81. The third kappa shape index (κ3) is 2.61. The van der Waals surface area contributed by atoms with Gasteiger partial charge in [0.25, 0.3) is 0 Å². The van der Waals surface area contributed by atoms with Crippen LogP contribution in [-0.2, 0) is 4.79 Å². The van der Waals surface area contributed by atoms with Gasteiger partial charge in [0.05, 0.1) is 11.0 Å². The molecule has 0 aliphatic heterocycles. The van der Waals surface area contributed by atoms with Crippen molar-refractivity contribution in [3.8, 4) is 0 Å². The number of nitrogens with two attached hydrogens (primary N) is 1. The first-order chi connectivity index (χ1) is 9.22. The molecule has 5 nitrogen and oxygen atoms in total. The molecule has 1 aromatic carbocycles. The molecule has 19 heavy (non-hydrogen) atoms. The van der Waals surface area contributed by atoms with E-state index >= 15 is 0 Å². The lowest BCUT2D eigenvalue weighted by Gasteiger charge is -2.13. The van der Waals surface area contributed by atoms with Gasteiger partial charge in [0.2, 0.25) is 11.9 Å². The fourth-order valence-corrected chi connectivity index (χ4v) is 2.75. The number of anilines is 1. The summed E-state index contributed by atoms with van der Waals surface area (Å²) in [4.78, 5) is 19.4. The number of carbonyl (C=O) groups is 1. The maximum atomic E-state index is 12.0. The van der Waals surface area contributed by atoms with E-state index in [2.05, 4.69) is 15.3 Å². The normalized spacial score (nSPS) is 22.8. The van der Waals surface area contributed by atoms with Gasteiger partial charge in [-0.2, -0.15) is 0 Å². The lowest BCUT2D eigenvalue weighted by Crippen LogP contribution is -2.28. The number of imidazole rings is 1. The van der Waals surface area contributed by atoms with E-state index in [9.17, 15) is 4.79 Å². The van der Waals surface area contributed by atoms with Crippen molar-refractivity contribution in [1.82, 2.24) is 9.97 Å². The molecular weight excluding hydrogens is 240 g/mol.